The van der Waals surface area contributed by atoms with Gasteiger partial charge in [-0.05, 0) is 33.8 Å². The van der Waals surface area contributed by atoms with Gasteiger partial charge in [-0.25, -0.2) is 14.5 Å². The fourth-order valence-corrected chi connectivity index (χ4v) is 3.36. The summed E-state index contributed by atoms with van der Waals surface area (Å²) in [5, 5.41) is 11.0. The molecule has 8 heteroatoms. The number of fused-ring (bicyclic) bond motifs is 1. The number of morpholine rings is 1. The van der Waals surface area contributed by atoms with Crippen molar-refractivity contribution < 1.29 is 9.53 Å². The molecule has 142 valence electrons. The molecule has 0 radical (unpaired) electrons. The molecule has 1 aliphatic rings. The smallest absolute Gasteiger partial charge is 0.319 e. The molecule has 2 N–H and O–H groups in total. The summed E-state index contributed by atoms with van der Waals surface area (Å²) in [6.07, 6.45) is 3.90. The van der Waals surface area contributed by atoms with Crippen LogP contribution in [0.25, 0.3) is 11.0 Å². The monoisotopic (exact) mass is 360 g/mol. The van der Waals surface area contributed by atoms with Crippen LogP contribution in [0.5, 0.6) is 0 Å². The van der Waals surface area contributed by atoms with E-state index in [0.717, 1.165) is 30.7 Å². The van der Waals surface area contributed by atoms with Gasteiger partial charge in [0.15, 0.2) is 5.65 Å². The van der Waals surface area contributed by atoms with Crippen molar-refractivity contribution in [3.05, 3.63) is 18.5 Å². The first kappa shape index (κ1) is 18.6. The minimum absolute atomic E-state index is 0.225. The van der Waals surface area contributed by atoms with Gasteiger partial charge in [-0.3, -0.25) is 4.90 Å². The third-order valence-corrected chi connectivity index (χ3v) is 4.39. The fourth-order valence-electron chi connectivity index (χ4n) is 3.36. The quantitative estimate of drug-likeness (QED) is 0.854. The highest BCUT2D eigenvalue weighted by Gasteiger charge is 2.21. The summed E-state index contributed by atoms with van der Waals surface area (Å²) in [7, 11) is 0. The Kier molecular flexibility index (Phi) is 5.73. The Balaban J connectivity index is 1.49. The second kappa shape index (κ2) is 8.01. The molecular weight excluding hydrogens is 332 g/mol. The number of aromatic nitrogens is 3. The number of nitrogens with one attached hydrogen (secondary N) is 2. The van der Waals surface area contributed by atoms with E-state index in [4.69, 9.17) is 4.74 Å². The van der Waals surface area contributed by atoms with Gasteiger partial charge in [-0.15, -0.1) is 0 Å². The van der Waals surface area contributed by atoms with E-state index in [0.29, 0.717) is 12.2 Å². The predicted molar refractivity (Wildman–Crippen MR) is 101 cm³/mol. The topological polar surface area (TPSA) is 84.3 Å². The number of hydrogen-bond donors (Lipinski definition) is 2. The Labute approximate surface area is 153 Å². The number of anilines is 1. The molecule has 2 unspecified atom stereocenters. The van der Waals surface area contributed by atoms with Crippen molar-refractivity contribution in [3.8, 4) is 0 Å². The molecule has 0 spiro atoms. The molecule has 2 aromatic heterocycles. The van der Waals surface area contributed by atoms with Crippen LogP contribution in [0, 0.1) is 0 Å². The Hall–Kier alpha value is -2.19. The van der Waals surface area contributed by atoms with Crippen LogP contribution < -0.4 is 10.6 Å². The Morgan fingerprint density at radius 3 is 2.73 bits per heavy atom. The van der Waals surface area contributed by atoms with E-state index in [-0.39, 0.29) is 24.3 Å². The molecule has 8 nitrogen and oxygen atoms in total. The molecular formula is C18H28N6O2. The van der Waals surface area contributed by atoms with Crippen LogP contribution in [0.1, 0.15) is 33.7 Å². The van der Waals surface area contributed by atoms with Crippen molar-refractivity contribution in [2.45, 2.75) is 45.9 Å². The minimum atomic E-state index is -0.225. The zero-order valence-electron chi connectivity index (χ0n) is 15.9. The van der Waals surface area contributed by atoms with E-state index < -0.39 is 0 Å². The summed E-state index contributed by atoms with van der Waals surface area (Å²) in [5.74, 6) is 0. The highest BCUT2D eigenvalue weighted by molar-refractivity contribution is 5.91. The number of carbonyl (C=O) groups excluding carboxylic acids is 1. The number of nitrogens with zero attached hydrogens (tertiary/aromatic N) is 4. The molecule has 2 aromatic rings. The first-order valence-corrected chi connectivity index (χ1v) is 9.18. The maximum atomic E-state index is 12.1. The number of rotatable bonds is 5. The predicted octanol–water partition coefficient (Wildman–Crippen LogP) is 2.24. The molecule has 3 heterocycles. The van der Waals surface area contributed by atoms with Crippen LogP contribution >= 0.6 is 0 Å². The molecule has 1 aliphatic heterocycles. The SMILES string of the molecule is CC1CN(CCNC(=O)Nc2cnc3c(cnn3C(C)C)c2)CC(C)O1. The lowest BCUT2D eigenvalue weighted by atomic mass is 10.2. The zero-order chi connectivity index (χ0) is 18.7. The van der Waals surface area contributed by atoms with Crippen molar-refractivity contribution in [1.29, 1.82) is 0 Å². The molecule has 1 saturated heterocycles. The van der Waals surface area contributed by atoms with E-state index in [1.54, 1.807) is 12.4 Å². The molecule has 26 heavy (non-hydrogen) atoms. The molecule has 2 atom stereocenters. The van der Waals surface area contributed by atoms with Gasteiger partial charge in [0.25, 0.3) is 0 Å². The lowest BCUT2D eigenvalue weighted by molar-refractivity contribution is -0.0672. The van der Waals surface area contributed by atoms with E-state index in [1.807, 2.05) is 10.7 Å². The maximum absolute atomic E-state index is 12.1. The summed E-state index contributed by atoms with van der Waals surface area (Å²) in [6, 6.07) is 1.91. The van der Waals surface area contributed by atoms with Crippen LogP contribution in [0.3, 0.4) is 0 Å². The first-order valence-electron chi connectivity index (χ1n) is 9.18. The van der Waals surface area contributed by atoms with Gasteiger partial charge in [0.2, 0.25) is 0 Å². The Morgan fingerprint density at radius 1 is 1.31 bits per heavy atom. The summed E-state index contributed by atoms with van der Waals surface area (Å²) in [5.41, 5.74) is 1.48. The van der Waals surface area contributed by atoms with Gasteiger partial charge in [0.1, 0.15) is 0 Å². The van der Waals surface area contributed by atoms with Gasteiger partial charge in [0, 0.05) is 37.6 Å². The number of hydrogen-bond acceptors (Lipinski definition) is 5. The van der Waals surface area contributed by atoms with Crippen molar-refractivity contribution in [2.75, 3.05) is 31.5 Å². The highest BCUT2D eigenvalue weighted by Crippen LogP contribution is 2.18. The van der Waals surface area contributed by atoms with E-state index in [1.165, 1.54) is 0 Å². The normalized spacial score (nSPS) is 21.3. The highest BCUT2D eigenvalue weighted by atomic mass is 16.5. The number of carbonyl (C=O) groups is 1. The van der Waals surface area contributed by atoms with Gasteiger partial charge in [-0.2, -0.15) is 5.10 Å². The van der Waals surface area contributed by atoms with E-state index in [2.05, 4.69) is 53.3 Å². The van der Waals surface area contributed by atoms with Crippen LogP contribution in [0.15, 0.2) is 18.5 Å². The van der Waals surface area contributed by atoms with Gasteiger partial charge < -0.3 is 15.4 Å². The second-order valence-corrected chi connectivity index (χ2v) is 7.22. The third-order valence-electron chi connectivity index (χ3n) is 4.39. The third kappa shape index (κ3) is 4.50. The van der Waals surface area contributed by atoms with Crippen LogP contribution in [-0.2, 0) is 4.74 Å². The number of urea groups is 1. The second-order valence-electron chi connectivity index (χ2n) is 7.22. The number of amides is 2. The molecule has 0 aromatic carbocycles. The summed E-state index contributed by atoms with van der Waals surface area (Å²) < 4.78 is 7.58. The Morgan fingerprint density at radius 2 is 2.04 bits per heavy atom. The van der Waals surface area contributed by atoms with Gasteiger partial charge >= 0.3 is 6.03 Å². The van der Waals surface area contributed by atoms with Crippen LogP contribution in [-0.4, -0.2) is 64.1 Å². The van der Waals surface area contributed by atoms with Crippen molar-refractivity contribution in [1.82, 2.24) is 25.0 Å². The van der Waals surface area contributed by atoms with Crippen LogP contribution in [0.4, 0.5) is 10.5 Å². The summed E-state index contributed by atoms with van der Waals surface area (Å²) in [6.45, 7) is 11.5. The number of pyridine rings is 1. The lowest BCUT2D eigenvalue weighted by Crippen LogP contribution is -2.48. The fraction of sp³-hybridized carbons (Fsp3) is 0.611. The average Bonchev–Trinajstić information content (AvgIpc) is 2.97. The van der Waals surface area contributed by atoms with Gasteiger partial charge in [-0.1, -0.05) is 0 Å². The van der Waals surface area contributed by atoms with Crippen LogP contribution in [0.2, 0.25) is 0 Å². The summed E-state index contributed by atoms with van der Waals surface area (Å²) >= 11 is 0. The number of ether oxygens (including phenoxy) is 1. The molecule has 2 amide bonds. The average molecular weight is 360 g/mol. The molecule has 1 fully saturated rings. The van der Waals surface area contributed by atoms with Gasteiger partial charge in [0.05, 0.1) is 30.3 Å². The standard InChI is InChI=1S/C18H28N6O2/c1-12(2)24-17-15(8-21-24)7-16(9-20-17)22-18(25)19-5-6-23-10-13(3)26-14(4)11-23/h7-9,12-14H,5-6,10-11H2,1-4H3,(H2,19,22,25). The van der Waals surface area contributed by atoms with Crippen molar-refractivity contribution in [3.63, 3.8) is 0 Å². The maximum Gasteiger partial charge on any atom is 0.319 e. The van der Waals surface area contributed by atoms with E-state index >= 15 is 0 Å². The molecule has 0 saturated carbocycles. The lowest BCUT2D eigenvalue weighted by Gasteiger charge is -2.35. The van der Waals surface area contributed by atoms with Crippen molar-refractivity contribution >= 4 is 22.8 Å². The zero-order valence-corrected chi connectivity index (χ0v) is 15.9. The van der Waals surface area contributed by atoms with E-state index in [9.17, 15) is 4.79 Å². The molecule has 3 rings (SSSR count). The molecule has 0 bridgehead atoms. The molecule has 0 aliphatic carbocycles. The minimum Gasteiger partial charge on any atom is -0.373 e. The largest absolute Gasteiger partial charge is 0.373 e. The first-order chi connectivity index (χ1) is 12.4. The Bertz CT molecular complexity index is 749. The van der Waals surface area contributed by atoms with Crippen molar-refractivity contribution in [2.24, 2.45) is 0 Å². The summed E-state index contributed by atoms with van der Waals surface area (Å²) in [4.78, 5) is 18.9.